The van der Waals surface area contributed by atoms with Crippen LogP contribution >= 0.6 is 0 Å². The lowest BCUT2D eigenvalue weighted by atomic mass is 9.30. The van der Waals surface area contributed by atoms with Gasteiger partial charge >= 0.3 is 0 Å². The van der Waals surface area contributed by atoms with Crippen molar-refractivity contribution in [3.63, 3.8) is 0 Å². The van der Waals surface area contributed by atoms with Crippen molar-refractivity contribution in [1.82, 2.24) is 0 Å². The molecule has 0 atom stereocenters. The quantitative estimate of drug-likeness (QED) is 0.141. The molecule has 4 heterocycles. The van der Waals surface area contributed by atoms with Gasteiger partial charge in [-0.3, -0.25) is 0 Å². The van der Waals surface area contributed by atoms with E-state index >= 15 is 0 Å². The Labute approximate surface area is 458 Å². The molecule has 0 unspecified atom stereocenters. The summed E-state index contributed by atoms with van der Waals surface area (Å²) >= 11 is 0. The average molecular weight is 1040 g/mol. The Morgan fingerprint density at radius 2 is 0.744 bits per heavy atom. The van der Waals surface area contributed by atoms with Crippen molar-refractivity contribution in [1.29, 1.82) is 0 Å². The van der Waals surface area contributed by atoms with E-state index in [4.69, 9.17) is 18.9 Å². The molecule has 0 radical (unpaired) electrons. The summed E-state index contributed by atoms with van der Waals surface area (Å²) in [4.78, 5) is 5.08. The molecule has 0 aromatic heterocycles. The van der Waals surface area contributed by atoms with Gasteiger partial charge in [-0.15, -0.1) is 0 Å². The molecule has 4 aliphatic rings. The lowest BCUT2D eigenvalue weighted by Gasteiger charge is -2.45. The van der Waals surface area contributed by atoms with Gasteiger partial charge in [0.25, 0.3) is 13.4 Å². The predicted molar refractivity (Wildman–Crippen MR) is 332 cm³/mol. The zero-order chi connectivity index (χ0) is 52.6. The molecule has 11 aromatic rings. The largest absolute Gasteiger partial charge is 0.458 e. The molecule has 6 nitrogen and oxygen atoms in total. The van der Waals surface area contributed by atoms with Crippen LogP contribution in [0.1, 0.15) is 0 Å². The van der Waals surface area contributed by atoms with Crippen LogP contribution in [0.4, 0.5) is 34.1 Å². The van der Waals surface area contributed by atoms with Crippen LogP contribution in [-0.4, -0.2) is 29.6 Å². The van der Waals surface area contributed by atoms with E-state index in [-0.39, 0.29) is 13.4 Å². The summed E-state index contributed by atoms with van der Waals surface area (Å²) in [6.07, 6.45) is 0. The van der Waals surface area contributed by atoms with E-state index in [0.29, 0.717) is 0 Å². The number of ether oxygens (including phenoxy) is 4. The highest BCUT2D eigenvalue weighted by Gasteiger charge is 2.48. The minimum atomic E-state index is -1.66. The summed E-state index contributed by atoms with van der Waals surface area (Å²) in [6, 6.07) is 78.8. The number of para-hydroxylation sites is 4. The second-order valence-electron chi connectivity index (χ2n) is 23.3. The van der Waals surface area contributed by atoms with Gasteiger partial charge in [0.2, 0.25) is 0 Å². The van der Waals surface area contributed by atoms with Crippen LogP contribution in [-0.2, 0) is 0 Å². The first-order chi connectivity index (χ1) is 37.9. The van der Waals surface area contributed by atoms with E-state index in [1.165, 1.54) is 21.3 Å². The second kappa shape index (κ2) is 17.4. The first kappa shape index (κ1) is 46.6. The van der Waals surface area contributed by atoms with E-state index < -0.39 is 16.1 Å². The molecule has 0 saturated carbocycles. The fourth-order valence-corrected chi connectivity index (χ4v) is 14.9. The normalized spacial score (nSPS) is 13.6. The molecule has 11 aromatic carbocycles. The van der Waals surface area contributed by atoms with E-state index in [2.05, 4.69) is 207 Å². The minimum Gasteiger partial charge on any atom is -0.458 e. The van der Waals surface area contributed by atoms with Crippen molar-refractivity contribution in [2.75, 3.05) is 9.80 Å². The van der Waals surface area contributed by atoms with E-state index in [9.17, 15) is 0 Å². The molecule has 0 fully saturated rings. The fraction of sp³-hybridized carbons (Fsp3) is 0.0882. The molecule has 0 aliphatic carbocycles. The number of fused-ring (bicyclic) bond motifs is 12. The lowest BCUT2D eigenvalue weighted by molar-refractivity contribution is 0.482. The number of rotatable bonds is 8. The van der Waals surface area contributed by atoms with Crippen LogP contribution in [0.3, 0.4) is 0 Å². The first-order valence-electron chi connectivity index (χ1n) is 27.1. The van der Waals surface area contributed by atoms with Crippen molar-refractivity contribution in [3.8, 4) is 46.0 Å². The van der Waals surface area contributed by atoms with Crippen LogP contribution in [0, 0.1) is 0 Å². The number of nitrogens with zero attached hydrogens (tertiary/aromatic N) is 2. The Bertz CT molecular complexity index is 3990. The van der Waals surface area contributed by atoms with Gasteiger partial charge in [-0.1, -0.05) is 153 Å². The Balaban J connectivity index is 1.04. The summed E-state index contributed by atoms with van der Waals surface area (Å²) in [6.45, 7) is 14.2. The molecule has 0 spiro atoms. The van der Waals surface area contributed by atoms with Gasteiger partial charge in [0.05, 0.1) is 27.5 Å². The molecule has 10 heteroatoms. The molecule has 4 aliphatic heterocycles. The maximum atomic E-state index is 7.12. The van der Waals surface area contributed by atoms with Crippen LogP contribution < -0.4 is 71.9 Å². The third-order valence-electron chi connectivity index (χ3n) is 16.3. The molecule has 0 N–H and O–H groups in total. The minimum absolute atomic E-state index is 0.150. The maximum absolute atomic E-state index is 7.12. The summed E-state index contributed by atoms with van der Waals surface area (Å²) in [7, 11) is -3.33. The zero-order valence-electron chi connectivity index (χ0n) is 44.5. The summed E-state index contributed by atoms with van der Waals surface area (Å²) < 4.78 is 27.3. The third-order valence-corrected chi connectivity index (χ3v) is 20.4. The van der Waals surface area contributed by atoms with E-state index in [1.54, 1.807) is 0 Å². The van der Waals surface area contributed by atoms with Crippen LogP contribution in [0.5, 0.6) is 46.0 Å². The van der Waals surface area contributed by atoms with E-state index in [0.717, 1.165) is 124 Å². The summed E-state index contributed by atoms with van der Waals surface area (Å²) in [5, 5.41) is 7.13. The highest BCUT2D eigenvalue weighted by molar-refractivity contribution is 7.02. The molecule has 15 rings (SSSR count). The molecular formula is C68H54B2N2O4Si2. The number of hydrogen-bond donors (Lipinski definition) is 0. The number of hydrogen-bond acceptors (Lipinski definition) is 6. The first-order valence-corrected chi connectivity index (χ1v) is 34.1. The number of anilines is 6. The van der Waals surface area contributed by atoms with Gasteiger partial charge in [0.15, 0.2) is 0 Å². The van der Waals surface area contributed by atoms with Crippen molar-refractivity contribution in [3.05, 3.63) is 218 Å². The molecule has 374 valence electrons. The smallest absolute Gasteiger partial charge is 0.256 e. The van der Waals surface area contributed by atoms with Crippen molar-refractivity contribution < 1.29 is 18.9 Å². The molecule has 0 amide bonds. The highest BCUT2D eigenvalue weighted by atomic mass is 28.3. The van der Waals surface area contributed by atoms with Crippen LogP contribution in [0.2, 0.25) is 39.3 Å². The van der Waals surface area contributed by atoms with Gasteiger partial charge in [0.1, 0.15) is 46.0 Å². The van der Waals surface area contributed by atoms with Gasteiger partial charge in [0, 0.05) is 33.5 Å². The van der Waals surface area contributed by atoms with Gasteiger partial charge in [-0.25, -0.2) is 0 Å². The summed E-state index contributed by atoms with van der Waals surface area (Å²) in [5.41, 5.74) is 13.7. The van der Waals surface area contributed by atoms with Crippen LogP contribution in [0.25, 0.3) is 21.5 Å². The number of benzene rings is 11. The van der Waals surface area contributed by atoms with Crippen molar-refractivity contribution in [2.45, 2.75) is 39.3 Å². The predicted octanol–water partition coefficient (Wildman–Crippen LogP) is 13.5. The third kappa shape index (κ3) is 7.45. The Morgan fingerprint density at radius 1 is 0.346 bits per heavy atom. The topological polar surface area (TPSA) is 43.4 Å². The molecule has 0 bridgehead atoms. The highest BCUT2D eigenvalue weighted by Crippen LogP contribution is 2.50. The van der Waals surface area contributed by atoms with Gasteiger partial charge in [-0.05, 0) is 159 Å². The summed E-state index contributed by atoms with van der Waals surface area (Å²) in [5.74, 6) is 6.54. The Hall–Kier alpha value is -8.70. The average Bonchev–Trinajstić information content (AvgIpc) is 2.82. The van der Waals surface area contributed by atoms with Gasteiger partial charge in [-0.2, -0.15) is 0 Å². The van der Waals surface area contributed by atoms with E-state index in [1.807, 2.05) is 60.7 Å². The maximum Gasteiger partial charge on any atom is 0.256 e. The SMILES string of the molecule is C[Si](C)(C)c1ccc(N2c3cc4c(cc3B3c5ccccc5Oc5cc6cc(Oc7ccccc7)ccc6c2c53)B2c3ccccc3Oc3cc5cc(Oc6ccccc6)ccc5c(c32)N4c2ccc([Si](C)(C)C)cc2)cc1. The van der Waals surface area contributed by atoms with Crippen molar-refractivity contribution in [2.24, 2.45) is 0 Å². The zero-order valence-corrected chi connectivity index (χ0v) is 46.5. The lowest BCUT2D eigenvalue weighted by Crippen LogP contribution is -2.63. The standard InChI is InChI=1S/C68H54B2N2O4Si2/c1-77(2,3)51-31-25-45(26-32-51)71-59-42-60-58(41-57(59)69-55-21-13-15-23-61(55)75-63-39-43-37-49(73-47-17-9-7-10-18-47)29-35-53(43)67(71)65(63)69)70-56-22-14-16-24-62(56)76-64-40-44-38-50(74-48-19-11-8-12-20-48)30-36-54(44)68(66(64)70)72(60)46-27-33-52(34-28-46)78(4,5)6/h7-42H,1-6H3. The monoisotopic (exact) mass is 1040 g/mol. The fourth-order valence-electron chi connectivity index (χ4n) is 12.6. The second-order valence-corrected chi connectivity index (χ2v) is 33.4. The van der Waals surface area contributed by atoms with Gasteiger partial charge < -0.3 is 28.7 Å². The molecule has 78 heavy (non-hydrogen) atoms. The molecular weight excluding hydrogens is 987 g/mol. The van der Waals surface area contributed by atoms with Crippen LogP contribution in [0.15, 0.2) is 218 Å². The van der Waals surface area contributed by atoms with Crippen molar-refractivity contribution >= 4 is 128 Å². The Kier molecular flexibility index (Phi) is 10.4. The molecule has 0 saturated heterocycles. The Morgan fingerprint density at radius 3 is 1.15 bits per heavy atom.